The first-order valence-electron chi connectivity index (χ1n) is 11.1. The highest BCUT2D eigenvalue weighted by Gasteiger charge is 2.19. The summed E-state index contributed by atoms with van der Waals surface area (Å²) in [6.07, 6.45) is 1.77. The van der Waals surface area contributed by atoms with E-state index >= 15 is 0 Å². The van der Waals surface area contributed by atoms with Crippen LogP contribution in [-0.2, 0) is 24.8 Å². The predicted octanol–water partition coefficient (Wildman–Crippen LogP) is 4.11. The summed E-state index contributed by atoms with van der Waals surface area (Å²) in [5.41, 5.74) is 4.91. The summed E-state index contributed by atoms with van der Waals surface area (Å²) in [4.78, 5) is 21.5. The number of nitrogens with zero attached hydrogens (tertiary/aromatic N) is 4. The number of carbonyl (C=O) groups excluding carboxylic acids is 1. The van der Waals surface area contributed by atoms with E-state index in [0.717, 1.165) is 52.2 Å². The number of carbonyl (C=O) groups is 1. The van der Waals surface area contributed by atoms with E-state index in [1.807, 2.05) is 42.1 Å². The SMILES string of the molecule is CCCc1nn(C)c2c(NCc3ccc4c(c3)OCO4)nc(-c3ccc(C(=O)OC)cc3)nc12. The number of methoxy groups -OCH3 is 1. The van der Waals surface area contributed by atoms with Crippen molar-refractivity contribution in [2.45, 2.75) is 26.3 Å². The van der Waals surface area contributed by atoms with E-state index < -0.39 is 0 Å². The normalized spacial score (nSPS) is 12.2. The Morgan fingerprint density at radius 2 is 1.91 bits per heavy atom. The molecule has 0 spiro atoms. The Morgan fingerprint density at radius 3 is 2.68 bits per heavy atom. The van der Waals surface area contributed by atoms with E-state index in [-0.39, 0.29) is 12.8 Å². The predicted molar refractivity (Wildman–Crippen MR) is 127 cm³/mol. The molecule has 2 aromatic carbocycles. The summed E-state index contributed by atoms with van der Waals surface area (Å²) in [6.45, 7) is 2.90. The summed E-state index contributed by atoms with van der Waals surface area (Å²) in [6, 6.07) is 12.9. The molecule has 0 fully saturated rings. The number of benzene rings is 2. The monoisotopic (exact) mass is 459 g/mol. The number of aryl methyl sites for hydroxylation is 2. The molecular weight excluding hydrogens is 434 g/mol. The Kier molecular flexibility index (Phi) is 5.75. The van der Waals surface area contributed by atoms with Crippen LogP contribution in [0, 0.1) is 0 Å². The van der Waals surface area contributed by atoms with Crippen molar-refractivity contribution in [3.63, 3.8) is 0 Å². The molecule has 0 radical (unpaired) electrons. The van der Waals surface area contributed by atoms with Gasteiger partial charge in [0.2, 0.25) is 6.79 Å². The Morgan fingerprint density at radius 1 is 1.12 bits per heavy atom. The van der Waals surface area contributed by atoms with Crippen molar-refractivity contribution in [3.05, 3.63) is 59.3 Å². The zero-order valence-corrected chi connectivity index (χ0v) is 19.3. The molecule has 0 saturated carbocycles. The van der Waals surface area contributed by atoms with Gasteiger partial charge < -0.3 is 19.5 Å². The van der Waals surface area contributed by atoms with Crippen LogP contribution in [0.1, 0.15) is 35.0 Å². The minimum Gasteiger partial charge on any atom is -0.465 e. The van der Waals surface area contributed by atoms with Gasteiger partial charge in [-0.2, -0.15) is 5.10 Å². The molecule has 1 N–H and O–H groups in total. The first kappa shape index (κ1) is 21.7. The van der Waals surface area contributed by atoms with Crippen LogP contribution in [0.15, 0.2) is 42.5 Å². The van der Waals surface area contributed by atoms with Gasteiger partial charge in [-0.25, -0.2) is 14.8 Å². The van der Waals surface area contributed by atoms with Gasteiger partial charge in [0, 0.05) is 19.2 Å². The zero-order chi connectivity index (χ0) is 23.7. The number of hydrogen-bond acceptors (Lipinski definition) is 8. The average Bonchev–Trinajstić information content (AvgIpc) is 3.46. The number of hydrogen-bond donors (Lipinski definition) is 1. The summed E-state index contributed by atoms with van der Waals surface area (Å²) >= 11 is 0. The van der Waals surface area contributed by atoms with Gasteiger partial charge in [0.25, 0.3) is 0 Å². The van der Waals surface area contributed by atoms with Crippen molar-refractivity contribution in [1.82, 2.24) is 19.7 Å². The molecule has 0 atom stereocenters. The lowest BCUT2D eigenvalue weighted by Crippen LogP contribution is -2.06. The number of aromatic nitrogens is 4. The van der Waals surface area contributed by atoms with Crippen molar-refractivity contribution < 1.29 is 19.0 Å². The van der Waals surface area contributed by atoms with E-state index in [0.29, 0.717) is 23.8 Å². The molecule has 9 heteroatoms. The van der Waals surface area contributed by atoms with Crippen molar-refractivity contribution >= 4 is 22.8 Å². The summed E-state index contributed by atoms with van der Waals surface area (Å²) < 4.78 is 17.5. The number of ether oxygens (including phenoxy) is 3. The van der Waals surface area contributed by atoms with E-state index in [1.54, 1.807) is 12.1 Å². The molecule has 0 saturated heterocycles. The molecule has 0 bridgehead atoms. The van der Waals surface area contributed by atoms with Crippen molar-refractivity contribution in [2.24, 2.45) is 7.05 Å². The van der Waals surface area contributed by atoms with Gasteiger partial charge in [-0.15, -0.1) is 0 Å². The average molecular weight is 460 g/mol. The molecule has 4 aromatic rings. The third kappa shape index (κ3) is 4.00. The van der Waals surface area contributed by atoms with Crippen LogP contribution < -0.4 is 14.8 Å². The van der Waals surface area contributed by atoms with Gasteiger partial charge in [-0.05, 0) is 36.2 Å². The van der Waals surface area contributed by atoms with Crippen LogP contribution in [0.4, 0.5) is 5.82 Å². The maximum Gasteiger partial charge on any atom is 0.337 e. The molecule has 174 valence electrons. The molecule has 9 nitrogen and oxygen atoms in total. The fraction of sp³-hybridized carbons (Fsp3) is 0.280. The van der Waals surface area contributed by atoms with Crippen LogP contribution in [0.3, 0.4) is 0 Å². The summed E-state index contributed by atoms with van der Waals surface area (Å²) in [5, 5.41) is 8.16. The minimum atomic E-state index is -0.383. The quantitative estimate of drug-likeness (QED) is 0.412. The van der Waals surface area contributed by atoms with Gasteiger partial charge in [-0.1, -0.05) is 31.5 Å². The van der Waals surface area contributed by atoms with Crippen LogP contribution in [0.2, 0.25) is 0 Å². The van der Waals surface area contributed by atoms with Crippen LogP contribution in [0.5, 0.6) is 11.5 Å². The Balaban J connectivity index is 1.53. The van der Waals surface area contributed by atoms with Gasteiger partial charge in [0.05, 0.1) is 18.4 Å². The largest absolute Gasteiger partial charge is 0.465 e. The van der Waals surface area contributed by atoms with Crippen molar-refractivity contribution in [1.29, 1.82) is 0 Å². The highest BCUT2D eigenvalue weighted by Crippen LogP contribution is 2.33. The molecule has 3 heterocycles. The first-order valence-corrected chi connectivity index (χ1v) is 11.1. The molecule has 1 aliphatic rings. The third-order valence-corrected chi connectivity index (χ3v) is 5.70. The van der Waals surface area contributed by atoms with Gasteiger partial charge in [0.15, 0.2) is 23.1 Å². The van der Waals surface area contributed by atoms with E-state index in [2.05, 4.69) is 12.2 Å². The molecule has 0 aliphatic carbocycles. The van der Waals surface area contributed by atoms with Gasteiger partial charge in [0.1, 0.15) is 11.0 Å². The fourth-order valence-electron chi connectivity index (χ4n) is 4.01. The lowest BCUT2D eigenvalue weighted by atomic mass is 10.1. The van der Waals surface area contributed by atoms with Crippen molar-refractivity contribution in [3.8, 4) is 22.9 Å². The maximum absolute atomic E-state index is 11.8. The zero-order valence-electron chi connectivity index (χ0n) is 19.3. The molecule has 34 heavy (non-hydrogen) atoms. The topological polar surface area (TPSA) is 100 Å². The van der Waals surface area contributed by atoms with E-state index in [9.17, 15) is 4.79 Å². The van der Waals surface area contributed by atoms with Gasteiger partial charge in [-0.3, -0.25) is 4.68 Å². The number of rotatable bonds is 7. The molecule has 1 aliphatic heterocycles. The Hall–Kier alpha value is -4.14. The van der Waals surface area contributed by atoms with E-state index in [1.165, 1.54) is 7.11 Å². The number of fused-ring (bicyclic) bond motifs is 2. The number of esters is 1. The number of nitrogens with one attached hydrogen (secondary N) is 1. The Bertz CT molecular complexity index is 1360. The first-order chi connectivity index (χ1) is 16.6. The number of anilines is 1. The minimum absolute atomic E-state index is 0.242. The standard InChI is InChI=1S/C25H25N5O4/c1-4-5-18-21-22(30(2)29-18)24(26-13-15-6-11-19-20(12-15)34-14-33-19)28-23(27-21)16-7-9-17(10-8-16)25(31)32-3/h6-12H,4-5,13-14H2,1-3H3,(H,26,27,28). The second kappa shape index (κ2) is 9.01. The second-order valence-electron chi connectivity index (χ2n) is 8.02. The van der Waals surface area contributed by atoms with Crippen LogP contribution >= 0.6 is 0 Å². The van der Waals surface area contributed by atoms with Crippen LogP contribution in [0.25, 0.3) is 22.4 Å². The fourth-order valence-corrected chi connectivity index (χ4v) is 4.01. The van der Waals surface area contributed by atoms with Crippen molar-refractivity contribution in [2.75, 3.05) is 19.2 Å². The molecule has 0 amide bonds. The molecule has 2 aromatic heterocycles. The lowest BCUT2D eigenvalue weighted by molar-refractivity contribution is 0.0600. The molecule has 0 unspecified atom stereocenters. The molecule has 5 rings (SSSR count). The van der Waals surface area contributed by atoms with Crippen LogP contribution in [-0.4, -0.2) is 39.6 Å². The highest BCUT2D eigenvalue weighted by atomic mass is 16.7. The highest BCUT2D eigenvalue weighted by molar-refractivity contribution is 5.91. The Labute approximate surface area is 196 Å². The third-order valence-electron chi connectivity index (χ3n) is 5.70. The molecular formula is C25H25N5O4. The maximum atomic E-state index is 11.8. The summed E-state index contributed by atoms with van der Waals surface area (Å²) in [5.74, 6) is 2.35. The summed E-state index contributed by atoms with van der Waals surface area (Å²) in [7, 11) is 3.27. The smallest absolute Gasteiger partial charge is 0.337 e. The van der Waals surface area contributed by atoms with Gasteiger partial charge >= 0.3 is 5.97 Å². The lowest BCUT2D eigenvalue weighted by Gasteiger charge is -2.11. The second-order valence-corrected chi connectivity index (χ2v) is 8.02. The van der Waals surface area contributed by atoms with E-state index in [4.69, 9.17) is 29.3 Å².